The summed E-state index contributed by atoms with van der Waals surface area (Å²) in [6, 6.07) is 13.6. The van der Waals surface area contributed by atoms with Crippen LogP contribution in [0.15, 0.2) is 48.5 Å². The Hall–Kier alpha value is -3.02. The minimum Gasteiger partial charge on any atom is -0.494 e. The molecule has 0 N–H and O–H groups in total. The zero-order chi connectivity index (χ0) is 28.5. The van der Waals surface area contributed by atoms with Crippen molar-refractivity contribution < 1.29 is 27.0 Å². The van der Waals surface area contributed by atoms with Gasteiger partial charge in [-0.2, -0.15) is 4.39 Å². The van der Waals surface area contributed by atoms with Crippen LogP contribution in [0.2, 0.25) is 0 Å². The van der Waals surface area contributed by atoms with Gasteiger partial charge in [-0.3, -0.25) is 0 Å². The van der Waals surface area contributed by atoms with Gasteiger partial charge in [0.1, 0.15) is 5.75 Å². The molecule has 0 unspecified atom stereocenters. The third-order valence-electron chi connectivity index (χ3n) is 8.03. The molecule has 0 saturated heterocycles. The summed E-state index contributed by atoms with van der Waals surface area (Å²) in [5.41, 5.74) is 1.61. The Morgan fingerprint density at radius 1 is 0.675 bits per heavy atom. The molecule has 2 nitrogen and oxygen atoms in total. The molecule has 6 heteroatoms. The van der Waals surface area contributed by atoms with Crippen LogP contribution in [0, 0.1) is 29.2 Å². The molecule has 0 amide bonds. The van der Waals surface area contributed by atoms with Gasteiger partial charge >= 0.3 is 0 Å². The number of ether oxygens (including phenoxy) is 2. The van der Waals surface area contributed by atoms with Crippen LogP contribution in [0.3, 0.4) is 0 Å². The van der Waals surface area contributed by atoms with Crippen molar-refractivity contribution in [1.82, 2.24) is 0 Å². The van der Waals surface area contributed by atoms with Crippen LogP contribution in [0.4, 0.5) is 17.6 Å². The Bertz CT molecular complexity index is 1230. The number of benzene rings is 3. The summed E-state index contributed by atoms with van der Waals surface area (Å²) < 4.78 is 70.4. The lowest BCUT2D eigenvalue weighted by Gasteiger charge is -2.29. The fraction of sp³-hybridized carbons (Fsp3) is 0.471. The van der Waals surface area contributed by atoms with Gasteiger partial charge in [0.25, 0.3) is 0 Å². The quantitative estimate of drug-likeness (QED) is 0.154. The molecule has 0 aromatic heterocycles. The van der Waals surface area contributed by atoms with Gasteiger partial charge < -0.3 is 9.47 Å². The lowest BCUT2D eigenvalue weighted by molar-refractivity contribution is 0.283. The monoisotopic (exact) mass is 556 g/mol. The van der Waals surface area contributed by atoms with E-state index < -0.39 is 23.3 Å². The van der Waals surface area contributed by atoms with Crippen LogP contribution < -0.4 is 9.47 Å². The molecule has 0 aliphatic heterocycles. The molecular weight excluding hydrogens is 516 g/mol. The van der Waals surface area contributed by atoms with E-state index in [0.717, 1.165) is 57.8 Å². The average molecular weight is 557 g/mol. The standard InChI is InChI=1S/C34H40F4O2/c1-3-5-21-39-27-16-13-25(14-17-27)28-18-15-26(31(35)32(28)36)12-9-23-7-10-24(11-8-23)29-19-20-30(34(38)33(29)37)40-22-6-4-2/h13-20,23-24H,3-12,21-22H2,1-2H3. The molecule has 40 heavy (non-hydrogen) atoms. The second-order valence-electron chi connectivity index (χ2n) is 10.9. The molecule has 1 aliphatic rings. The van der Waals surface area contributed by atoms with Crippen molar-refractivity contribution in [3.8, 4) is 22.6 Å². The van der Waals surface area contributed by atoms with E-state index in [2.05, 4.69) is 6.92 Å². The van der Waals surface area contributed by atoms with Crippen LogP contribution in [-0.4, -0.2) is 13.2 Å². The van der Waals surface area contributed by atoms with Crippen LogP contribution in [0.5, 0.6) is 11.5 Å². The van der Waals surface area contributed by atoms with E-state index >= 15 is 4.39 Å². The number of hydrogen-bond donors (Lipinski definition) is 0. The van der Waals surface area contributed by atoms with Crippen LogP contribution in [-0.2, 0) is 6.42 Å². The number of hydrogen-bond acceptors (Lipinski definition) is 2. The van der Waals surface area contributed by atoms with E-state index in [0.29, 0.717) is 48.0 Å². The maximum atomic E-state index is 15.0. The average Bonchev–Trinajstić information content (AvgIpc) is 2.97. The molecule has 0 atom stereocenters. The van der Waals surface area contributed by atoms with E-state index in [1.54, 1.807) is 42.5 Å². The first-order valence-electron chi connectivity index (χ1n) is 14.7. The topological polar surface area (TPSA) is 18.5 Å². The molecule has 0 heterocycles. The molecule has 1 aliphatic carbocycles. The Kier molecular flexibility index (Phi) is 10.9. The minimum atomic E-state index is -0.909. The first-order chi connectivity index (χ1) is 19.4. The van der Waals surface area contributed by atoms with E-state index in [9.17, 15) is 13.2 Å². The molecular formula is C34H40F4O2. The molecule has 216 valence electrons. The first-order valence-corrected chi connectivity index (χ1v) is 14.7. The zero-order valence-electron chi connectivity index (χ0n) is 23.6. The van der Waals surface area contributed by atoms with E-state index in [1.807, 2.05) is 6.92 Å². The Labute approximate surface area is 235 Å². The third-order valence-corrected chi connectivity index (χ3v) is 8.03. The van der Waals surface area contributed by atoms with Crippen LogP contribution >= 0.6 is 0 Å². The van der Waals surface area contributed by atoms with Gasteiger partial charge in [-0.1, -0.05) is 57.0 Å². The molecule has 0 radical (unpaired) electrons. The lowest BCUT2D eigenvalue weighted by atomic mass is 9.76. The maximum Gasteiger partial charge on any atom is 0.200 e. The van der Waals surface area contributed by atoms with Crippen molar-refractivity contribution in [2.24, 2.45) is 5.92 Å². The molecule has 3 aromatic rings. The predicted octanol–water partition coefficient (Wildman–Crippen LogP) is 10.2. The zero-order valence-corrected chi connectivity index (χ0v) is 23.6. The largest absolute Gasteiger partial charge is 0.494 e. The third kappa shape index (κ3) is 7.38. The van der Waals surface area contributed by atoms with Gasteiger partial charge in [-0.15, -0.1) is 0 Å². The van der Waals surface area contributed by atoms with Crippen molar-refractivity contribution in [1.29, 1.82) is 0 Å². The molecule has 0 spiro atoms. The lowest BCUT2D eigenvalue weighted by Crippen LogP contribution is -2.16. The van der Waals surface area contributed by atoms with Gasteiger partial charge in [-0.05, 0) is 98.1 Å². The summed E-state index contributed by atoms with van der Waals surface area (Å²) >= 11 is 0. The first kappa shape index (κ1) is 30.0. The van der Waals surface area contributed by atoms with Crippen molar-refractivity contribution in [3.63, 3.8) is 0 Å². The van der Waals surface area contributed by atoms with Crippen LogP contribution in [0.1, 0.15) is 88.7 Å². The summed E-state index contributed by atoms with van der Waals surface area (Å²) in [6.45, 7) is 5.10. The van der Waals surface area contributed by atoms with Crippen molar-refractivity contribution in [2.45, 2.75) is 84.0 Å². The van der Waals surface area contributed by atoms with E-state index in [4.69, 9.17) is 9.47 Å². The fourth-order valence-electron chi connectivity index (χ4n) is 5.49. The highest BCUT2D eigenvalue weighted by Gasteiger charge is 2.27. The van der Waals surface area contributed by atoms with Gasteiger partial charge in [0, 0.05) is 5.56 Å². The normalized spacial score (nSPS) is 17.1. The highest BCUT2D eigenvalue weighted by molar-refractivity contribution is 5.65. The van der Waals surface area contributed by atoms with Crippen molar-refractivity contribution >= 4 is 0 Å². The smallest absolute Gasteiger partial charge is 0.200 e. The van der Waals surface area contributed by atoms with Gasteiger partial charge in [0.05, 0.1) is 13.2 Å². The van der Waals surface area contributed by atoms with Crippen molar-refractivity contribution in [2.75, 3.05) is 13.2 Å². The van der Waals surface area contributed by atoms with Gasteiger partial charge in [0.2, 0.25) is 5.82 Å². The second kappa shape index (κ2) is 14.6. The number of aryl methyl sites for hydroxylation is 1. The minimum absolute atomic E-state index is 0.0305. The molecule has 3 aromatic carbocycles. The number of rotatable bonds is 13. The molecule has 0 bridgehead atoms. The Balaban J connectivity index is 1.31. The Morgan fingerprint density at radius 3 is 2.02 bits per heavy atom. The summed E-state index contributed by atoms with van der Waals surface area (Å²) in [5.74, 6) is -2.38. The Morgan fingerprint density at radius 2 is 1.35 bits per heavy atom. The van der Waals surface area contributed by atoms with E-state index in [1.165, 1.54) is 6.07 Å². The second-order valence-corrected chi connectivity index (χ2v) is 10.9. The summed E-state index contributed by atoms with van der Waals surface area (Å²) in [6.07, 6.45) is 8.05. The number of unbranched alkanes of at least 4 members (excludes halogenated alkanes) is 2. The highest BCUT2D eigenvalue weighted by Crippen LogP contribution is 2.40. The summed E-state index contributed by atoms with van der Waals surface area (Å²) in [5, 5.41) is 0. The summed E-state index contributed by atoms with van der Waals surface area (Å²) in [7, 11) is 0. The molecule has 4 rings (SSSR count). The number of halogens is 4. The van der Waals surface area contributed by atoms with Crippen molar-refractivity contribution in [3.05, 3.63) is 82.9 Å². The van der Waals surface area contributed by atoms with Gasteiger partial charge in [0.15, 0.2) is 23.2 Å². The molecule has 1 fully saturated rings. The maximum absolute atomic E-state index is 15.0. The summed E-state index contributed by atoms with van der Waals surface area (Å²) in [4.78, 5) is 0. The highest BCUT2D eigenvalue weighted by atomic mass is 19.2. The molecule has 1 saturated carbocycles. The fourth-order valence-corrected chi connectivity index (χ4v) is 5.49. The van der Waals surface area contributed by atoms with Crippen LogP contribution in [0.25, 0.3) is 11.1 Å². The predicted molar refractivity (Wildman–Crippen MR) is 152 cm³/mol. The SMILES string of the molecule is CCCCOc1ccc(-c2ccc(CCC3CCC(c4ccc(OCCCC)c(F)c4F)CC3)c(F)c2F)cc1. The van der Waals surface area contributed by atoms with Gasteiger partial charge in [-0.25, -0.2) is 13.2 Å². The van der Waals surface area contributed by atoms with E-state index in [-0.39, 0.29) is 17.2 Å².